The maximum Gasteiger partial charge on any atom is 0.245 e. The lowest BCUT2D eigenvalue weighted by Gasteiger charge is -2.24. The largest absolute Gasteiger partial charge is 0.341 e. The summed E-state index contributed by atoms with van der Waals surface area (Å²) in [6.07, 6.45) is 4.64. The summed E-state index contributed by atoms with van der Waals surface area (Å²) in [7, 11) is 0. The number of carbonyl (C=O) groups excluding carboxylic acids is 1. The van der Waals surface area contributed by atoms with Gasteiger partial charge in [-0.1, -0.05) is 31.0 Å². The number of hydrogen-bond donors (Lipinski definition) is 0. The molecule has 104 valence electrons. The Labute approximate surface area is 120 Å². The van der Waals surface area contributed by atoms with Crippen molar-refractivity contribution in [3.05, 3.63) is 34.9 Å². The van der Waals surface area contributed by atoms with Gasteiger partial charge in [-0.3, -0.25) is 4.79 Å². The number of hydrogen-bond acceptors (Lipinski definition) is 1. The van der Waals surface area contributed by atoms with Crippen LogP contribution in [0.4, 0.5) is 0 Å². The molecule has 1 aliphatic heterocycles. The van der Waals surface area contributed by atoms with Crippen LogP contribution >= 0.6 is 11.6 Å². The third-order valence-electron chi connectivity index (χ3n) is 3.93. The molecular weight excluding hydrogens is 258 g/mol. The topological polar surface area (TPSA) is 20.3 Å². The molecule has 2 nitrogen and oxygen atoms in total. The standard InChI is InChI=1S/C16H22ClNO/c1-12-8-7-9-13(2)14(12)15(17)16(19)18-10-5-3-4-6-11-18/h7-9,15H,3-6,10-11H2,1-2H3. The number of aryl methyl sites for hydroxylation is 2. The van der Waals surface area contributed by atoms with Gasteiger partial charge in [0.05, 0.1) is 0 Å². The molecule has 0 aliphatic carbocycles. The molecule has 0 N–H and O–H groups in total. The van der Waals surface area contributed by atoms with Crippen LogP contribution in [0.2, 0.25) is 0 Å². The van der Waals surface area contributed by atoms with Gasteiger partial charge >= 0.3 is 0 Å². The molecular formula is C16H22ClNO. The second-order valence-corrected chi connectivity index (χ2v) is 5.84. The van der Waals surface area contributed by atoms with Crippen molar-refractivity contribution in [2.75, 3.05) is 13.1 Å². The maximum absolute atomic E-state index is 12.5. The van der Waals surface area contributed by atoms with Gasteiger partial charge in [0.1, 0.15) is 5.38 Å². The van der Waals surface area contributed by atoms with Crippen molar-refractivity contribution in [2.45, 2.75) is 44.9 Å². The fourth-order valence-electron chi connectivity index (χ4n) is 2.80. The minimum Gasteiger partial charge on any atom is -0.341 e. The summed E-state index contributed by atoms with van der Waals surface area (Å²) in [5, 5.41) is -0.542. The zero-order chi connectivity index (χ0) is 13.8. The first-order chi connectivity index (χ1) is 9.11. The third-order valence-corrected chi connectivity index (χ3v) is 4.34. The molecule has 3 heteroatoms. The second-order valence-electron chi connectivity index (χ2n) is 5.41. The van der Waals surface area contributed by atoms with Crippen LogP contribution in [0.3, 0.4) is 0 Å². The smallest absolute Gasteiger partial charge is 0.245 e. The number of halogens is 1. The minimum atomic E-state index is -0.542. The van der Waals surface area contributed by atoms with Crippen molar-refractivity contribution < 1.29 is 4.79 Å². The Bertz CT molecular complexity index is 430. The molecule has 1 amide bonds. The summed E-state index contributed by atoms with van der Waals surface area (Å²) in [6.45, 7) is 5.75. The SMILES string of the molecule is Cc1cccc(C)c1C(Cl)C(=O)N1CCCCCC1. The van der Waals surface area contributed by atoms with Crippen LogP contribution in [0.25, 0.3) is 0 Å². The highest BCUT2D eigenvalue weighted by Gasteiger charge is 2.26. The Hall–Kier alpha value is -1.02. The molecule has 1 atom stereocenters. The molecule has 0 bridgehead atoms. The Kier molecular flexibility index (Phi) is 4.87. The molecule has 1 unspecified atom stereocenters. The molecule has 1 saturated heterocycles. The van der Waals surface area contributed by atoms with Crippen LogP contribution in [-0.4, -0.2) is 23.9 Å². The first-order valence-corrected chi connectivity index (χ1v) is 7.54. The molecule has 0 aromatic heterocycles. The Morgan fingerprint density at radius 2 is 1.63 bits per heavy atom. The van der Waals surface area contributed by atoms with Crippen molar-refractivity contribution in [2.24, 2.45) is 0 Å². The van der Waals surface area contributed by atoms with E-state index in [1.165, 1.54) is 12.8 Å². The molecule has 1 fully saturated rings. The van der Waals surface area contributed by atoms with E-state index in [0.29, 0.717) is 0 Å². The van der Waals surface area contributed by atoms with E-state index in [1.54, 1.807) is 0 Å². The third kappa shape index (κ3) is 3.30. The molecule has 1 aromatic carbocycles. The minimum absolute atomic E-state index is 0.0703. The molecule has 1 aliphatic rings. The summed E-state index contributed by atoms with van der Waals surface area (Å²) >= 11 is 6.46. The van der Waals surface area contributed by atoms with Crippen LogP contribution in [0, 0.1) is 13.8 Å². The van der Waals surface area contributed by atoms with Gasteiger partial charge in [0.15, 0.2) is 0 Å². The molecule has 0 saturated carbocycles. The van der Waals surface area contributed by atoms with Gasteiger partial charge in [-0.15, -0.1) is 11.6 Å². The molecule has 0 radical (unpaired) electrons. The lowest BCUT2D eigenvalue weighted by molar-refractivity contribution is -0.130. The van der Waals surface area contributed by atoms with E-state index in [-0.39, 0.29) is 5.91 Å². The number of likely N-dealkylation sites (tertiary alicyclic amines) is 1. The first kappa shape index (κ1) is 14.4. The fourth-order valence-corrected chi connectivity index (χ4v) is 3.28. The molecule has 1 aromatic rings. The van der Waals surface area contributed by atoms with Gasteiger partial charge in [0, 0.05) is 13.1 Å². The molecule has 19 heavy (non-hydrogen) atoms. The van der Waals surface area contributed by atoms with Gasteiger partial charge in [-0.25, -0.2) is 0 Å². The second kappa shape index (κ2) is 6.42. The predicted octanol–water partition coefficient (Wildman–Crippen LogP) is 3.99. The van der Waals surface area contributed by atoms with Gasteiger partial charge < -0.3 is 4.90 Å². The van der Waals surface area contributed by atoms with Gasteiger partial charge in [0.25, 0.3) is 0 Å². The van der Waals surface area contributed by atoms with E-state index in [4.69, 9.17) is 11.6 Å². The number of nitrogens with zero attached hydrogens (tertiary/aromatic N) is 1. The molecule has 0 spiro atoms. The normalized spacial score (nSPS) is 17.9. The highest BCUT2D eigenvalue weighted by Crippen LogP contribution is 2.29. The van der Waals surface area contributed by atoms with Crippen molar-refractivity contribution in [3.63, 3.8) is 0 Å². The van der Waals surface area contributed by atoms with E-state index in [1.807, 2.05) is 36.9 Å². The van der Waals surface area contributed by atoms with Gasteiger partial charge in [0.2, 0.25) is 5.91 Å². The van der Waals surface area contributed by atoms with Crippen LogP contribution in [0.1, 0.15) is 47.8 Å². The Morgan fingerprint density at radius 1 is 1.11 bits per heavy atom. The van der Waals surface area contributed by atoms with E-state index < -0.39 is 5.38 Å². The number of carbonyl (C=O) groups is 1. The van der Waals surface area contributed by atoms with E-state index in [0.717, 1.165) is 42.6 Å². The van der Waals surface area contributed by atoms with Crippen LogP contribution in [0.15, 0.2) is 18.2 Å². The van der Waals surface area contributed by atoms with Crippen molar-refractivity contribution in [1.82, 2.24) is 4.90 Å². The average molecular weight is 280 g/mol. The zero-order valence-corrected chi connectivity index (χ0v) is 12.5. The predicted molar refractivity (Wildman–Crippen MR) is 79.6 cm³/mol. The summed E-state index contributed by atoms with van der Waals surface area (Å²) in [4.78, 5) is 14.5. The number of alkyl halides is 1. The average Bonchev–Trinajstić information content (AvgIpc) is 2.66. The zero-order valence-electron chi connectivity index (χ0n) is 11.8. The summed E-state index contributed by atoms with van der Waals surface area (Å²) in [5.74, 6) is 0.0703. The van der Waals surface area contributed by atoms with E-state index in [9.17, 15) is 4.79 Å². The number of rotatable bonds is 2. The van der Waals surface area contributed by atoms with Crippen LogP contribution in [-0.2, 0) is 4.79 Å². The highest BCUT2D eigenvalue weighted by atomic mass is 35.5. The first-order valence-electron chi connectivity index (χ1n) is 7.10. The Balaban J connectivity index is 2.18. The highest BCUT2D eigenvalue weighted by molar-refractivity contribution is 6.31. The van der Waals surface area contributed by atoms with Crippen molar-refractivity contribution >= 4 is 17.5 Å². The van der Waals surface area contributed by atoms with E-state index in [2.05, 4.69) is 0 Å². The van der Waals surface area contributed by atoms with E-state index >= 15 is 0 Å². The Morgan fingerprint density at radius 3 is 2.16 bits per heavy atom. The fraction of sp³-hybridized carbons (Fsp3) is 0.562. The van der Waals surface area contributed by atoms with Crippen LogP contribution < -0.4 is 0 Å². The lowest BCUT2D eigenvalue weighted by atomic mass is 9.99. The van der Waals surface area contributed by atoms with Crippen LogP contribution in [0.5, 0.6) is 0 Å². The molecule has 2 rings (SSSR count). The van der Waals surface area contributed by atoms with Gasteiger partial charge in [-0.2, -0.15) is 0 Å². The summed E-state index contributed by atoms with van der Waals surface area (Å²) < 4.78 is 0. The summed E-state index contributed by atoms with van der Waals surface area (Å²) in [6, 6.07) is 6.05. The molecule has 1 heterocycles. The summed E-state index contributed by atoms with van der Waals surface area (Å²) in [5.41, 5.74) is 3.18. The van der Waals surface area contributed by atoms with Crippen molar-refractivity contribution in [3.8, 4) is 0 Å². The number of benzene rings is 1. The number of amides is 1. The monoisotopic (exact) mass is 279 g/mol. The maximum atomic E-state index is 12.5. The quantitative estimate of drug-likeness (QED) is 0.750. The van der Waals surface area contributed by atoms with Gasteiger partial charge in [-0.05, 0) is 43.4 Å². The van der Waals surface area contributed by atoms with Crippen molar-refractivity contribution in [1.29, 1.82) is 0 Å². The lowest BCUT2D eigenvalue weighted by Crippen LogP contribution is -2.34.